The minimum atomic E-state index is -0.663. The average molecular weight is 939 g/mol. The summed E-state index contributed by atoms with van der Waals surface area (Å²) in [5.41, 5.74) is 1.26. The maximum atomic E-state index is 11.4. The van der Waals surface area contributed by atoms with Crippen molar-refractivity contribution in [1.82, 2.24) is 0 Å². The van der Waals surface area contributed by atoms with Gasteiger partial charge in [-0.3, -0.25) is 0 Å². The Morgan fingerprint density at radius 1 is 0.308 bits per heavy atom. The first-order chi connectivity index (χ1) is 31.3. The van der Waals surface area contributed by atoms with E-state index in [-0.39, 0.29) is 133 Å². The molecule has 0 aliphatic carbocycles. The molecule has 0 saturated heterocycles. The van der Waals surface area contributed by atoms with E-state index in [9.17, 15) is 19.2 Å². The van der Waals surface area contributed by atoms with Crippen LogP contribution in [0.1, 0.15) is 53.4 Å². The molecule has 0 bridgehead atoms. The molecule has 21 nitrogen and oxygen atoms in total. The van der Waals surface area contributed by atoms with Crippen LogP contribution in [0.15, 0.2) is 48.6 Å². The quantitative estimate of drug-likeness (QED) is 0.0279. The Hall–Kier alpha value is -3.68. The second-order valence-corrected chi connectivity index (χ2v) is 13.6. The van der Waals surface area contributed by atoms with Crippen LogP contribution < -0.4 is 0 Å². The summed E-state index contributed by atoms with van der Waals surface area (Å²) in [7, 11) is 0. The minimum absolute atomic E-state index is 0.0691. The van der Waals surface area contributed by atoms with E-state index >= 15 is 0 Å². The third kappa shape index (κ3) is 41.5. The van der Waals surface area contributed by atoms with E-state index in [1.807, 2.05) is 0 Å². The zero-order valence-corrected chi connectivity index (χ0v) is 38.9. The average Bonchev–Trinajstić information content (AvgIpc) is 3.27. The lowest BCUT2D eigenvalue weighted by molar-refractivity contribution is -0.234. The predicted molar refractivity (Wildman–Crippen MR) is 231 cm³/mol. The van der Waals surface area contributed by atoms with E-state index in [1.54, 1.807) is 27.7 Å². The van der Waals surface area contributed by atoms with Crippen LogP contribution in [-0.2, 0) is 99.7 Å². The van der Waals surface area contributed by atoms with Gasteiger partial charge in [0.2, 0.25) is 0 Å². The molecule has 0 spiro atoms. The van der Waals surface area contributed by atoms with Crippen LogP contribution in [0.2, 0.25) is 0 Å². The standard InChI is InChI=1S/C44H74O21/c1-35(2)41(45)58-27-23-50-15-19-54-31-62-39(63-32-55-20-16-51-24-28-59-42(46)36(3)4)11-9-13-49-14-10-12-40(64-33-56-21-17-52-25-29-60-43(47)37(5)6)65-34-57-22-18-53-26-30-61-44(48)38(7)8/h39-40H,1,3,5,7,9-34H2,2,4,6,8H3. The molecule has 0 fully saturated rings. The van der Waals surface area contributed by atoms with Crippen LogP contribution in [0.4, 0.5) is 0 Å². The van der Waals surface area contributed by atoms with Gasteiger partial charge in [0, 0.05) is 48.3 Å². The second-order valence-electron chi connectivity index (χ2n) is 13.6. The maximum Gasteiger partial charge on any atom is 0.333 e. The highest BCUT2D eigenvalue weighted by Gasteiger charge is 2.13. The molecule has 0 aromatic carbocycles. The third-order valence-electron chi connectivity index (χ3n) is 7.53. The van der Waals surface area contributed by atoms with Crippen LogP contribution >= 0.6 is 0 Å². The van der Waals surface area contributed by atoms with Crippen molar-refractivity contribution in [1.29, 1.82) is 0 Å². The van der Waals surface area contributed by atoms with Crippen molar-refractivity contribution in [2.75, 3.05) is 146 Å². The number of hydrogen-bond acceptors (Lipinski definition) is 21. The van der Waals surface area contributed by atoms with Crippen molar-refractivity contribution in [2.45, 2.75) is 66.0 Å². The molecule has 0 unspecified atom stereocenters. The molecule has 0 aromatic heterocycles. The van der Waals surface area contributed by atoms with Gasteiger partial charge in [-0.15, -0.1) is 0 Å². The fourth-order valence-electron chi connectivity index (χ4n) is 4.11. The van der Waals surface area contributed by atoms with Gasteiger partial charge in [-0.1, -0.05) is 26.3 Å². The summed E-state index contributed by atoms with van der Waals surface area (Å²) in [5, 5.41) is 0. The highest BCUT2D eigenvalue weighted by molar-refractivity contribution is 5.88. The van der Waals surface area contributed by atoms with Gasteiger partial charge in [-0.05, 0) is 40.5 Å². The number of rotatable bonds is 48. The van der Waals surface area contributed by atoms with Crippen molar-refractivity contribution in [3.05, 3.63) is 48.6 Å². The Morgan fingerprint density at radius 2 is 0.508 bits per heavy atom. The number of carbonyl (C=O) groups is 4. The Balaban J connectivity index is 4.66. The molecule has 376 valence electrons. The zero-order valence-electron chi connectivity index (χ0n) is 38.9. The van der Waals surface area contributed by atoms with Gasteiger partial charge < -0.3 is 80.5 Å². The third-order valence-corrected chi connectivity index (χ3v) is 7.53. The normalized spacial score (nSPS) is 11.2. The SMILES string of the molecule is C=C(C)C(=O)OCCOCCOCOC(CCCOCCCC(OCOCCOCCOC(=O)C(=C)C)OCOCCOCCOC(=O)C(=C)C)OCOCCOCCOC(=O)C(=C)C. The van der Waals surface area contributed by atoms with Gasteiger partial charge >= 0.3 is 23.9 Å². The molecule has 0 saturated carbocycles. The van der Waals surface area contributed by atoms with E-state index in [1.165, 1.54) is 0 Å². The molecule has 0 aromatic rings. The minimum Gasteiger partial charge on any atom is -0.460 e. The highest BCUT2D eigenvalue weighted by atomic mass is 16.8. The smallest absolute Gasteiger partial charge is 0.333 e. The van der Waals surface area contributed by atoms with Crippen LogP contribution in [-0.4, -0.2) is 183 Å². The van der Waals surface area contributed by atoms with E-state index in [0.29, 0.717) is 61.2 Å². The first-order valence-electron chi connectivity index (χ1n) is 21.3. The Kier molecular flexibility index (Phi) is 41.7. The summed E-state index contributed by atoms with van der Waals surface area (Å²) >= 11 is 0. The van der Waals surface area contributed by atoms with Gasteiger partial charge in [-0.2, -0.15) is 0 Å². The molecule has 0 atom stereocenters. The molecule has 0 rings (SSSR count). The van der Waals surface area contributed by atoms with E-state index < -0.39 is 36.5 Å². The Labute approximate surface area is 383 Å². The summed E-state index contributed by atoms with van der Waals surface area (Å²) in [5.74, 6) is -1.90. The Bertz CT molecular complexity index is 1120. The van der Waals surface area contributed by atoms with Gasteiger partial charge in [-0.25, -0.2) is 19.2 Å². The fraction of sp³-hybridized carbons (Fsp3) is 0.727. The zero-order chi connectivity index (χ0) is 48.2. The number of carbonyl (C=O) groups excluding carboxylic acids is 4. The molecular formula is C44H74O21. The Morgan fingerprint density at radius 3 is 0.738 bits per heavy atom. The van der Waals surface area contributed by atoms with Crippen molar-refractivity contribution in [3.63, 3.8) is 0 Å². The fourth-order valence-corrected chi connectivity index (χ4v) is 4.11. The first-order valence-corrected chi connectivity index (χ1v) is 21.3. The van der Waals surface area contributed by atoms with Crippen molar-refractivity contribution in [3.8, 4) is 0 Å². The van der Waals surface area contributed by atoms with Gasteiger partial charge in [0.25, 0.3) is 0 Å². The number of ether oxygens (including phenoxy) is 17. The molecule has 0 amide bonds. The molecule has 0 heterocycles. The van der Waals surface area contributed by atoms with Gasteiger partial charge in [0.15, 0.2) is 12.6 Å². The summed E-state index contributed by atoms with van der Waals surface area (Å²) in [4.78, 5) is 45.7. The predicted octanol–water partition coefficient (Wildman–Crippen LogP) is 3.72. The molecule has 65 heavy (non-hydrogen) atoms. The lowest BCUT2D eigenvalue weighted by Gasteiger charge is -2.19. The highest BCUT2D eigenvalue weighted by Crippen LogP contribution is 2.09. The van der Waals surface area contributed by atoms with Crippen molar-refractivity contribution < 1.29 is 99.7 Å². The summed E-state index contributed by atoms with van der Waals surface area (Å²) in [6.07, 6.45) is 0.804. The lowest BCUT2D eigenvalue weighted by Crippen LogP contribution is -2.23. The van der Waals surface area contributed by atoms with Gasteiger partial charge in [0.05, 0.1) is 79.3 Å². The summed E-state index contributed by atoms with van der Waals surface area (Å²) in [6.45, 7) is 24.2. The molecule has 21 heteroatoms. The summed E-state index contributed by atoms with van der Waals surface area (Å²) in [6, 6.07) is 0. The topological polar surface area (TPSA) is 225 Å². The van der Waals surface area contributed by atoms with Gasteiger partial charge in [0.1, 0.15) is 53.6 Å². The van der Waals surface area contributed by atoms with Crippen LogP contribution in [0.5, 0.6) is 0 Å². The molecule has 0 N–H and O–H groups in total. The van der Waals surface area contributed by atoms with E-state index in [2.05, 4.69) is 26.3 Å². The van der Waals surface area contributed by atoms with Crippen LogP contribution in [0.3, 0.4) is 0 Å². The maximum absolute atomic E-state index is 11.4. The van der Waals surface area contributed by atoms with Crippen molar-refractivity contribution in [2.24, 2.45) is 0 Å². The molecule has 0 radical (unpaired) electrons. The first kappa shape index (κ1) is 61.3. The molecule has 0 aliphatic rings. The largest absolute Gasteiger partial charge is 0.460 e. The van der Waals surface area contributed by atoms with E-state index in [4.69, 9.17) is 80.5 Å². The molecular weight excluding hydrogens is 864 g/mol. The van der Waals surface area contributed by atoms with Crippen molar-refractivity contribution >= 4 is 23.9 Å². The summed E-state index contributed by atoms with van der Waals surface area (Å²) < 4.78 is 92.4. The van der Waals surface area contributed by atoms with E-state index in [0.717, 1.165) is 0 Å². The molecule has 0 aliphatic heterocycles. The van der Waals surface area contributed by atoms with Crippen LogP contribution in [0, 0.1) is 0 Å². The number of esters is 4. The van der Waals surface area contributed by atoms with Crippen LogP contribution in [0.25, 0.3) is 0 Å². The lowest BCUT2D eigenvalue weighted by atomic mass is 10.3. The number of hydrogen-bond donors (Lipinski definition) is 0. The monoisotopic (exact) mass is 938 g/mol. The second kappa shape index (κ2) is 44.2.